The van der Waals surface area contributed by atoms with Gasteiger partial charge in [-0.2, -0.15) is 0 Å². The van der Waals surface area contributed by atoms with E-state index in [1.165, 1.54) is 4.88 Å². The molecule has 1 amide bonds. The predicted molar refractivity (Wildman–Crippen MR) is 82.5 cm³/mol. The highest BCUT2D eigenvalue weighted by molar-refractivity contribution is 7.11. The number of amides is 1. The van der Waals surface area contributed by atoms with Gasteiger partial charge in [-0.3, -0.25) is 4.79 Å². The molecule has 5 heteroatoms. The Labute approximate surface area is 128 Å². The molecule has 1 aromatic heterocycles. The number of fused-ring (bicyclic) bond motifs is 1. The summed E-state index contributed by atoms with van der Waals surface area (Å²) in [5.41, 5.74) is 1.10. The topological polar surface area (TPSA) is 42.4 Å². The van der Waals surface area contributed by atoms with E-state index in [0.29, 0.717) is 13.0 Å². The minimum absolute atomic E-state index is 0.0134. The number of hydrogen-bond acceptors (Lipinski definition) is 4. The average molecular weight is 302 g/mol. The number of thiazole rings is 1. The number of nitrogens with zero attached hydrogens (tertiary/aromatic N) is 2. The number of carbonyl (C=O) groups excluding carboxylic acids is 1. The third kappa shape index (κ3) is 2.93. The van der Waals surface area contributed by atoms with Crippen LogP contribution in [0.1, 0.15) is 22.4 Å². The van der Waals surface area contributed by atoms with E-state index >= 15 is 0 Å². The molecule has 0 saturated carbocycles. The van der Waals surface area contributed by atoms with Gasteiger partial charge in [-0.15, -0.1) is 11.3 Å². The van der Waals surface area contributed by atoms with Gasteiger partial charge in [0.2, 0.25) is 0 Å². The van der Waals surface area contributed by atoms with Crippen LogP contribution in [-0.2, 0) is 24.2 Å². The number of aryl methyl sites for hydroxylation is 1. The fraction of sp³-hybridized carbons (Fsp3) is 0.375. The molecule has 1 aliphatic heterocycles. The van der Waals surface area contributed by atoms with Crippen molar-refractivity contribution in [3.05, 3.63) is 45.9 Å². The van der Waals surface area contributed by atoms with E-state index in [1.54, 1.807) is 16.2 Å². The fourth-order valence-electron chi connectivity index (χ4n) is 2.43. The molecule has 4 nitrogen and oxygen atoms in total. The quantitative estimate of drug-likeness (QED) is 0.872. The van der Waals surface area contributed by atoms with Crippen molar-refractivity contribution in [2.75, 3.05) is 7.05 Å². The van der Waals surface area contributed by atoms with Crippen molar-refractivity contribution in [2.24, 2.45) is 0 Å². The molecule has 21 heavy (non-hydrogen) atoms. The summed E-state index contributed by atoms with van der Waals surface area (Å²) in [6.07, 6.45) is 3.12. The third-order valence-corrected chi connectivity index (χ3v) is 4.75. The van der Waals surface area contributed by atoms with Gasteiger partial charge in [0, 0.05) is 24.5 Å². The van der Waals surface area contributed by atoms with Crippen LogP contribution in [0.4, 0.5) is 0 Å². The van der Waals surface area contributed by atoms with Gasteiger partial charge in [0.15, 0.2) is 6.10 Å². The zero-order valence-electron chi connectivity index (χ0n) is 12.2. The molecular weight excluding hydrogens is 284 g/mol. The molecule has 3 rings (SSSR count). The van der Waals surface area contributed by atoms with Crippen molar-refractivity contribution in [3.8, 4) is 5.75 Å². The Balaban J connectivity index is 1.63. The zero-order valence-corrected chi connectivity index (χ0v) is 13.0. The van der Waals surface area contributed by atoms with Crippen molar-refractivity contribution < 1.29 is 9.53 Å². The maximum atomic E-state index is 12.5. The van der Waals surface area contributed by atoms with Crippen LogP contribution in [0, 0.1) is 0 Å². The largest absolute Gasteiger partial charge is 0.480 e. The van der Waals surface area contributed by atoms with E-state index in [2.05, 4.69) is 11.9 Å². The Kier molecular flexibility index (Phi) is 3.92. The van der Waals surface area contributed by atoms with E-state index in [-0.39, 0.29) is 5.91 Å². The number of rotatable bonds is 4. The molecule has 0 aliphatic carbocycles. The molecule has 0 fully saturated rings. The lowest BCUT2D eigenvalue weighted by atomic mass is 10.1. The summed E-state index contributed by atoms with van der Waals surface area (Å²) in [7, 11) is 1.81. The maximum absolute atomic E-state index is 12.5. The number of likely N-dealkylation sites (N-methyl/N-ethyl adjacent to an activating group) is 1. The van der Waals surface area contributed by atoms with Crippen LogP contribution >= 0.6 is 11.3 Å². The van der Waals surface area contributed by atoms with Gasteiger partial charge >= 0.3 is 0 Å². The second-order valence-electron chi connectivity index (χ2n) is 5.19. The summed E-state index contributed by atoms with van der Waals surface area (Å²) in [5.74, 6) is 0.839. The molecule has 0 unspecified atom stereocenters. The van der Waals surface area contributed by atoms with E-state index < -0.39 is 6.10 Å². The monoisotopic (exact) mass is 302 g/mol. The second kappa shape index (κ2) is 5.85. The van der Waals surface area contributed by atoms with Crippen LogP contribution in [0.15, 0.2) is 30.5 Å². The summed E-state index contributed by atoms with van der Waals surface area (Å²) in [5, 5.41) is 0.971. The van der Waals surface area contributed by atoms with Crippen molar-refractivity contribution >= 4 is 17.2 Å². The molecule has 0 N–H and O–H groups in total. The third-order valence-electron chi connectivity index (χ3n) is 3.62. The number of ether oxygens (including phenoxy) is 1. The normalized spacial score (nSPS) is 16.4. The van der Waals surface area contributed by atoms with E-state index in [1.807, 2.05) is 37.5 Å². The van der Waals surface area contributed by atoms with Crippen LogP contribution in [0.2, 0.25) is 0 Å². The summed E-state index contributed by atoms with van der Waals surface area (Å²) < 4.78 is 5.75. The highest BCUT2D eigenvalue weighted by Crippen LogP contribution is 2.29. The summed E-state index contributed by atoms with van der Waals surface area (Å²) in [6.45, 7) is 2.65. The molecular formula is C16H18N2O2S. The maximum Gasteiger partial charge on any atom is 0.264 e. The molecule has 0 bridgehead atoms. The first-order valence-corrected chi connectivity index (χ1v) is 7.92. The summed E-state index contributed by atoms with van der Waals surface area (Å²) in [4.78, 5) is 19.8. The molecule has 1 aromatic carbocycles. The highest BCUT2D eigenvalue weighted by Gasteiger charge is 2.31. The van der Waals surface area contributed by atoms with Crippen LogP contribution in [-0.4, -0.2) is 28.9 Å². The number of para-hydroxylation sites is 1. The Morgan fingerprint density at radius 2 is 2.29 bits per heavy atom. The number of aromatic nitrogens is 1. The Morgan fingerprint density at radius 1 is 1.48 bits per heavy atom. The molecule has 1 atom stereocenters. The van der Waals surface area contributed by atoms with Crippen molar-refractivity contribution in [2.45, 2.75) is 32.4 Å². The van der Waals surface area contributed by atoms with E-state index in [0.717, 1.165) is 22.7 Å². The molecule has 2 heterocycles. The lowest BCUT2D eigenvalue weighted by Gasteiger charge is -2.19. The van der Waals surface area contributed by atoms with Gasteiger partial charge < -0.3 is 9.64 Å². The Bertz CT molecular complexity index is 628. The van der Waals surface area contributed by atoms with Crippen LogP contribution in [0.25, 0.3) is 0 Å². The zero-order chi connectivity index (χ0) is 14.8. The molecule has 110 valence electrons. The van der Waals surface area contributed by atoms with Crippen LogP contribution in [0.5, 0.6) is 5.75 Å². The molecule has 0 saturated heterocycles. The Hall–Kier alpha value is -1.88. The second-order valence-corrected chi connectivity index (χ2v) is 6.39. The van der Waals surface area contributed by atoms with Gasteiger partial charge in [-0.1, -0.05) is 25.1 Å². The lowest BCUT2D eigenvalue weighted by molar-refractivity contribution is -0.137. The molecule has 2 aromatic rings. The molecule has 1 aliphatic rings. The first-order valence-electron chi connectivity index (χ1n) is 7.10. The van der Waals surface area contributed by atoms with Crippen molar-refractivity contribution in [1.82, 2.24) is 9.88 Å². The first-order chi connectivity index (χ1) is 10.2. The molecule has 0 spiro atoms. The average Bonchev–Trinajstić information content (AvgIpc) is 3.12. The highest BCUT2D eigenvalue weighted by atomic mass is 32.1. The van der Waals surface area contributed by atoms with Gasteiger partial charge in [0.25, 0.3) is 5.91 Å². The standard InChI is InChI=1S/C16H18N2O2S/c1-3-12-9-17-15(21-12)10-18(2)16(19)14-8-11-6-4-5-7-13(11)20-14/h4-7,9,14H,3,8,10H2,1-2H3/t14-/m1/s1. The number of hydrogen-bond donors (Lipinski definition) is 0. The van der Waals surface area contributed by atoms with Crippen molar-refractivity contribution in [1.29, 1.82) is 0 Å². The van der Waals surface area contributed by atoms with Crippen LogP contribution in [0.3, 0.4) is 0 Å². The van der Waals surface area contributed by atoms with E-state index in [9.17, 15) is 4.79 Å². The number of carbonyl (C=O) groups is 1. The summed E-state index contributed by atoms with van der Waals surface area (Å²) in [6, 6.07) is 7.83. The fourth-order valence-corrected chi connectivity index (χ4v) is 3.35. The minimum atomic E-state index is -0.405. The van der Waals surface area contributed by atoms with Gasteiger partial charge in [0.1, 0.15) is 10.8 Å². The van der Waals surface area contributed by atoms with E-state index in [4.69, 9.17) is 4.74 Å². The predicted octanol–water partition coefficient (Wildman–Crippen LogP) is 2.67. The minimum Gasteiger partial charge on any atom is -0.480 e. The van der Waals surface area contributed by atoms with Gasteiger partial charge in [-0.05, 0) is 18.1 Å². The first kappa shape index (κ1) is 14.1. The lowest BCUT2D eigenvalue weighted by Crippen LogP contribution is -2.38. The summed E-state index contributed by atoms with van der Waals surface area (Å²) >= 11 is 1.66. The van der Waals surface area contributed by atoms with Gasteiger partial charge in [0.05, 0.1) is 6.54 Å². The van der Waals surface area contributed by atoms with Crippen LogP contribution < -0.4 is 4.74 Å². The number of benzene rings is 1. The molecule has 0 radical (unpaired) electrons. The SMILES string of the molecule is CCc1cnc(CN(C)C(=O)[C@H]2Cc3ccccc3O2)s1. The van der Waals surface area contributed by atoms with Crippen molar-refractivity contribution in [3.63, 3.8) is 0 Å². The smallest absolute Gasteiger partial charge is 0.264 e. The van der Waals surface area contributed by atoms with Gasteiger partial charge in [-0.25, -0.2) is 4.98 Å². The Morgan fingerprint density at radius 3 is 3.00 bits per heavy atom.